The molecular weight excluding hydrogens is 178 g/mol. The number of hydrogen-bond acceptors (Lipinski definition) is 2. The number of hydrogen-bond donors (Lipinski definition) is 0. The third-order valence-electron chi connectivity index (χ3n) is 2.90. The second-order valence-electron chi connectivity index (χ2n) is 5.63. The summed E-state index contributed by atoms with van der Waals surface area (Å²) < 4.78 is 5.47. The Bertz CT molecular complexity index is 244. The Balaban J connectivity index is 1.93. The molecule has 0 aromatic rings. The molecule has 1 amide bonds. The first-order valence-electron chi connectivity index (χ1n) is 5.37. The minimum atomic E-state index is 0.0970. The first-order valence-corrected chi connectivity index (χ1v) is 5.37. The lowest BCUT2D eigenvalue weighted by atomic mass is 9.91. The van der Waals surface area contributed by atoms with Crippen molar-refractivity contribution in [2.24, 2.45) is 5.41 Å². The largest absolute Gasteiger partial charge is 0.374 e. The number of carbonyl (C=O) groups excluding carboxylic acids is 1. The molecule has 0 spiro atoms. The molecule has 0 aromatic heterocycles. The number of fused-ring (bicyclic) bond motifs is 2. The van der Waals surface area contributed by atoms with Gasteiger partial charge in [-0.25, -0.2) is 0 Å². The molecule has 0 radical (unpaired) electrons. The van der Waals surface area contributed by atoms with Crippen LogP contribution in [0.1, 0.15) is 33.6 Å². The number of morpholine rings is 1. The van der Waals surface area contributed by atoms with Crippen molar-refractivity contribution in [2.45, 2.75) is 45.8 Å². The number of carbonyl (C=O) groups is 1. The van der Waals surface area contributed by atoms with E-state index in [4.69, 9.17) is 4.74 Å². The van der Waals surface area contributed by atoms with Gasteiger partial charge in [0, 0.05) is 13.0 Å². The van der Waals surface area contributed by atoms with E-state index in [2.05, 4.69) is 20.8 Å². The van der Waals surface area contributed by atoms with Gasteiger partial charge in [-0.1, -0.05) is 20.8 Å². The summed E-state index contributed by atoms with van der Waals surface area (Å²) in [5.74, 6) is 0.299. The van der Waals surface area contributed by atoms with Crippen LogP contribution in [0, 0.1) is 5.41 Å². The molecule has 2 aliphatic heterocycles. The van der Waals surface area contributed by atoms with E-state index in [1.165, 1.54) is 0 Å². The molecule has 2 atom stereocenters. The molecule has 0 aliphatic carbocycles. The lowest BCUT2D eigenvalue weighted by Crippen LogP contribution is -2.42. The van der Waals surface area contributed by atoms with E-state index in [9.17, 15) is 4.79 Å². The van der Waals surface area contributed by atoms with Crippen molar-refractivity contribution >= 4 is 5.91 Å². The molecule has 3 nitrogen and oxygen atoms in total. The lowest BCUT2D eigenvalue weighted by Gasteiger charge is -2.29. The summed E-state index contributed by atoms with van der Waals surface area (Å²) in [4.78, 5) is 13.9. The molecule has 2 heterocycles. The van der Waals surface area contributed by atoms with Crippen LogP contribution in [0.15, 0.2) is 0 Å². The number of ether oxygens (including phenoxy) is 1. The van der Waals surface area contributed by atoms with E-state index < -0.39 is 0 Å². The quantitative estimate of drug-likeness (QED) is 0.636. The van der Waals surface area contributed by atoms with E-state index in [0.29, 0.717) is 24.5 Å². The number of amides is 1. The van der Waals surface area contributed by atoms with Crippen LogP contribution in [-0.2, 0) is 9.53 Å². The highest BCUT2D eigenvalue weighted by molar-refractivity contribution is 5.77. The summed E-state index contributed by atoms with van der Waals surface area (Å²) in [6.07, 6.45) is 2.02. The van der Waals surface area contributed by atoms with E-state index in [0.717, 1.165) is 19.6 Å². The summed E-state index contributed by atoms with van der Waals surface area (Å²) in [6.45, 7) is 7.89. The average molecular weight is 197 g/mol. The summed E-state index contributed by atoms with van der Waals surface area (Å²) in [6, 6.07) is 0.370. The van der Waals surface area contributed by atoms with Crippen LogP contribution >= 0.6 is 0 Å². The van der Waals surface area contributed by atoms with Gasteiger partial charge in [-0.05, 0) is 11.8 Å². The normalized spacial score (nSPS) is 31.2. The third-order valence-corrected chi connectivity index (χ3v) is 2.90. The molecule has 2 saturated heterocycles. The molecule has 0 N–H and O–H groups in total. The topological polar surface area (TPSA) is 29.5 Å². The summed E-state index contributed by atoms with van der Waals surface area (Å²) in [5, 5.41) is 0. The zero-order chi connectivity index (χ0) is 10.3. The SMILES string of the molecule is CC(C)(C)CC(=O)N1CC2CC1CO2. The molecule has 14 heavy (non-hydrogen) atoms. The average Bonchev–Trinajstić information content (AvgIpc) is 2.59. The van der Waals surface area contributed by atoms with Gasteiger partial charge in [-0.3, -0.25) is 4.79 Å². The fourth-order valence-corrected chi connectivity index (χ4v) is 2.26. The number of nitrogens with zero attached hydrogens (tertiary/aromatic N) is 1. The van der Waals surface area contributed by atoms with Gasteiger partial charge in [0.05, 0.1) is 18.8 Å². The summed E-state index contributed by atoms with van der Waals surface area (Å²) in [5.41, 5.74) is 0.0970. The Morgan fingerprint density at radius 3 is 2.64 bits per heavy atom. The van der Waals surface area contributed by atoms with Gasteiger partial charge >= 0.3 is 0 Å². The van der Waals surface area contributed by atoms with Crippen molar-refractivity contribution in [3.8, 4) is 0 Å². The monoisotopic (exact) mass is 197 g/mol. The van der Waals surface area contributed by atoms with Crippen LogP contribution in [0.25, 0.3) is 0 Å². The summed E-state index contributed by atoms with van der Waals surface area (Å²) >= 11 is 0. The molecule has 2 unspecified atom stereocenters. The zero-order valence-corrected chi connectivity index (χ0v) is 9.25. The molecule has 2 fully saturated rings. The zero-order valence-electron chi connectivity index (χ0n) is 9.25. The molecule has 3 heteroatoms. The fraction of sp³-hybridized carbons (Fsp3) is 0.909. The predicted octanol–water partition coefficient (Wildman–Crippen LogP) is 1.42. The third kappa shape index (κ3) is 1.92. The standard InChI is InChI=1S/C11H19NO2/c1-11(2,3)5-10(13)12-6-9-4-8(12)7-14-9/h8-9H,4-7H2,1-3H3. The Morgan fingerprint density at radius 2 is 2.21 bits per heavy atom. The molecule has 0 saturated carbocycles. The van der Waals surface area contributed by atoms with E-state index >= 15 is 0 Å². The number of likely N-dealkylation sites (tertiary alicyclic amines) is 1. The highest BCUT2D eigenvalue weighted by atomic mass is 16.5. The van der Waals surface area contributed by atoms with Crippen LogP contribution in [0.5, 0.6) is 0 Å². The Hall–Kier alpha value is -0.570. The molecule has 80 valence electrons. The Labute approximate surface area is 85.4 Å². The molecule has 0 aromatic carbocycles. The molecule has 2 bridgehead atoms. The van der Waals surface area contributed by atoms with Crippen molar-refractivity contribution in [3.05, 3.63) is 0 Å². The van der Waals surface area contributed by atoms with Crippen molar-refractivity contribution in [1.82, 2.24) is 4.90 Å². The minimum absolute atomic E-state index is 0.0970. The maximum atomic E-state index is 11.9. The van der Waals surface area contributed by atoms with E-state index in [-0.39, 0.29) is 5.41 Å². The summed E-state index contributed by atoms with van der Waals surface area (Å²) in [7, 11) is 0. The van der Waals surface area contributed by atoms with Gasteiger partial charge in [0.25, 0.3) is 0 Å². The highest BCUT2D eigenvalue weighted by Crippen LogP contribution is 2.30. The maximum absolute atomic E-state index is 11.9. The molecular formula is C11H19NO2. The second kappa shape index (κ2) is 3.23. The Morgan fingerprint density at radius 1 is 1.50 bits per heavy atom. The predicted molar refractivity (Wildman–Crippen MR) is 53.9 cm³/mol. The maximum Gasteiger partial charge on any atom is 0.223 e. The van der Waals surface area contributed by atoms with E-state index in [1.54, 1.807) is 0 Å². The second-order valence-corrected chi connectivity index (χ2v) is 5.63. The van der Waals surface area contributed by atoms with Crippen molar-refractivity contribution in [2.75, 3.05) is 13.2 Å². The fourth-order valence-electron chi connectivity index (χ4n) is 2.26. The minimum Gasteiger partial charge on any atom is -0.374 e. The van der Waals surface area contributed by atoms with Crippen LogP contribution in [0.4, 0.5) is 0 Å². The Kier molecular flexibility index (Phi) is 2.30. The van der Waals surface area contributed by atoms with Crippen molar-refractivity contribution in [1.29, 1.82) is 0 Å². The van der Waals surface area contributed by atoms with Gasteiger partial charge in [0.1, 0.15) is 0 Å². The van der Waals surface area contributed by atoms with Crippen LogP contribution in [0.2, 0.25) is 0 Å². The van der Waals surface area contributed by atoms with Crippen molar-refractivity contribution in [3.63, 3.8) is 0 Å². The number of rotatable bonds is 1. The van der Waals surface area contributed by atoms with Crippen molar-refractivity contribution < 1.29 is 9.53 Å². The first-order chi connectivity index (χ1) is 6.46. The first kappa shape index (κ1) is 9.97. The van der Waals surface area contributed by atoms with Crippen LogP contribution in [-0.4, -0.2) is 36.1 Å². The van der Waals surface area contributed by atoms with Gasteiger partial charge in [-0.2, -0.15) is 0 Å². The van der Waals surface area contributed by atoms with Crippen LogP contribution < -0.4 is 0 Å². The van der Waals surface area contributed by atoms with Gasteiger partial charge in [-0.15, -0.1) is 0 Å². The van der Waals surface area contributed by atoms with E-state index in [1.807, 2.05) is 4.90 Å². The van der Waals surface area contributed by atoms with Gasteiger partial charge in [0.2, 0.25) is 5.91 Å². The lowest BCUT2D eigenvalue weighted by molar-refractivity contribution is -0.137. The molecule has 2 rings (SSSR count). The van der Waals surface area contributed by atoms with Crippen LogP contribution in [0.3, 0.4) is 0 Å². The highest BCUT2D eigenvalue weighted by Gasteiger charge is 2.41. The smallest absolute Gasteiger partial charge is 0.223 e. The van der Waals surface area contributed by atoms with Gasteiger partial charge in [0.15, 0.2) is 0 Å². The van der Waals surface area contributed by atoms with Gasteiger partial charge < -0.3 is 9.64 Å². The molecule has 2 aliphatic rings.